The number of carbonyl (C=O) groups excluding carboxylic acids is 1. The lowest BCUT2D eigenvalue weighted by Gasteiger charge is -2.07. The smallest absolute Gasteiger partial charge is 0.240 e. The fraction of sp³-hybridized carbons (Fsp3) is 0.529. The van der Waals surface area contributed by atoms with Gasteiger partial charge in [-0.3, -0.25) is 4.79 Å². The summed E-state index contributed by atoms with van der Waals surface area (Å²) in [4.78, 5) is 11.6. The van der Waals surface area contributed by atoms with Gasteiger partial charge in [0.2, 0.25) is 5.91 Å². The molecular formula is C17H26N2O3. The van der Waals surface area contributed by atoms with Crippen LogP contribution in [0.15, 0.2) is 23.3 Å². The van der Waals surface area contributed by atoms with Gasteiger partial charge < -0.3 is 9.47 Å². The monoisotopic (exact) mass is 306 g/mol. The van der Waals surface area contributed by atoms with Crippen LogP contribution in [0.3, 0.4) is 0 Å². The predicted octanol–water partition coefficient (Wildman–Crippen LogP) is 3.51. The number of nitrogens with zero attached hydrogens (tertiary/aromatic N) is 1. The molecule has 1 aromatic rings. The van der Waals surface area contributed by atoms with E-state index in [-0.39, 0.29) is 5.91 Å². The second-order valence-corrected chi connectivity index (χ2v) is 5.07. The highest BCUT2D eigenvalue weighted by Crippen LogP contribution is 2.26. The number of nitrogens with one attached hydrogen (secondary N) is 1. The Labute approximate surface area is 132 Å². The molecule has 0 aromatic heterocycles. The van der Waals surface area contributed by atoms with Crippen molar-refractivity contribution in [3.05, 3.63) is 23.8 Å². The van der Waals surface area contributed by atoms with Gasteiger partial charge in [0.25, 0.3) is 0 Å². The normalized spacial score (nSPS) is 10.7. The molecule has 0 saturated carbocycles. The number of methoxy groups -OCH3 is 2. The summed E-state index contributed by atoms with van der Waals surface area (Å²) in [6.07, 6.45) is 7.77. The summed E-state index contributed by atoms with van der Waals surface area (Å²) in [5.74, 6) is 1.25. The average Bonchev–Trinajstić information content (AvgIpc) is 2.54. The SMILES string of the molecule is CCCCCCCC(=O)N/N=C\c1ccc(OC)c(OC)c1. The summed E-state index contributed by atoms with van der Waals surface area (Å²) in [6, 6.07) is 5.46. The number of unbranched alkanes of at least 4 members (excludes halogenated alkanes) is 4. The van der Waals surface area contributed by atoms with E-state index in [9.17, 15) is 4.79 Å². The van der Waals surface area contributed by atoms with Crippen LogP contribution in [0.25, 0.3) is 0 Å². The molecule has 0 fully saturated rings. The van der Waals surface area contributed by atoms with Gasteiger partial charge in [0.15, 0.2) is 11.5 Å². The highest BCUT2D eigenvalue weighted by molar-refractivity contribution is 5.83. The third-order valence-electron chi connectivity index (χ3n) is 3.32. The second kappa shape index (κ2) is 10.7. The van der Waals surface area contributed by atoms with Crippen molar-refractivity contribution < 1.29 is 14.3 Å². The maximum Gasteiger partial charge on any atom is 0.240 e. The third-order valence-corrected chi connectivity index (χ3v) is 3.32. The molecule has 0 unspecified atom stereocenters. The topological polar surface area (TPSA) is 59.9 Å². The lowest BCUT2D eigenvalue weighted by atomic mass is 10.1. The third kappa shape index (κ3) is 6.61. The Kier molecular flexibility index (Phi) is 8.72. The summed E-state index contributed by atoms with van der Waals surface area (Å²) < 4.78 is 10.4. The number of amides is 1. The molecule has 0 spiro atoms. The van der Waals surface area contributed by atoms with E-state index in [1.165, 1.54) is 19.3 Å². The lowest BCUT2D eigenvalue weighted by Crippen LogP contribution is -2.16. The molecule has 1 amide bonds. The Bertz CT molecular complexity index is 487. The minimum absolute atomic E-state index is 0.0479. The molecule has 0 saturated heterocycles. The van der Waals surface area contributed by atoms with Gasteiger partial charge in [-0.05, 0) is 30.2 Å². The number of rotatable bonds is 10. The highest BCUT2D eigenvalue weighted by atomic mass is 16.5. The minimum Gasteiger partial charge on any atom is -0.493 e. The van der Waals surface area contributed by atoms with Gasteiger partial charge >= 0.3 is 0 Å². The van der Waals surface area contributed by atoms with Crippen LogP contribution < -0.4 is 14.9 Å². The first-order valence-corrected chi connectivity index (χ1v) is 7.75. The van der Waals surface area contributed by atoms with Crippen molar-refractivity contribution in [2.75, 3.05) is 14.2 Å². The fourth-order valence-electron chi connectivity index (χ4n) is 2.06. The van der Waals surface area contributed by atoms with Crippen LogP contribution in [0.4, 0.5) is 0 Å². The van der Waals surface area contributed by atoms with Gasteiger partial charge in [-0.15, -0.1) is 0 Å². The molecule has 0 bridgehead atoms. The maximum atomic E-state index is 11.6. The minimum atomic E-state index is -0.0479. The van der Waals surface area contributed by atoms with E-state index in [4.69, 9.17) is 9.47 Å². The van der Waals surface area contributed by atoms with Crippen LogP contribution in [0.1, 0.15) is 51.0 Å². The van der Waals surface area contributed by atoms with Crippen molar-refractivity contribution in [3.63, 3.8) is 0 Å². The van der Waals surface area contributed by atoms with Gasteiger partial charge in [-0.1, -0.05) is 32.6 Å². The van der Waals surface area contributed by atoms with Crippen LogP contribution in [0.2, 0.25) is 0 Å². The molecule has 1 rings (SSSR count). The van der Waals surface area contributed by atoms with Crippen molar-refractivity contribution in [3.8, 4) is 11.5 Å². The molecule has 0 aliphatic rings. The number of carbonyl (C=O) groups is 1. The van der Waals surface area contributed by atoms with E-state index < -0.39 is 0 Å². The van der Waals surface area contributed by atoms with E-state index >= 15 is 0 Å². The van der Waals surface area contributed by atoms with Crippen LogP contribution in [-0.4, -0.2) is 26.3 Å². The molecule has 0 atom stereocenters. The number of hydrazone groups is 1. The van der Waals surface area contributed by atoms with Crippen molar-refractivity contribution in [1.82, 2.24) is 5.43 Å². The molecule has 0 aliphatic heterocycles. The highest BCUT2D eigenvalue weighted by Gasteiger charge is 2.03. The van der Waals surface area contributed by atoms with Crippen LogP contribution in [0.5, 0.6) is 11.5 Å². The summed E-state index contributed by atoms with van der Waals surface area (Å²) in [7, 11) is 3.17. The molecule has 122 valence electrons. The van der Waals surface area contributed by atoms with E-state index in [0.717, 1.165) is 18.4 Å². The molecule has 1 N–H and O–H groups in total. The summed E-state index contributed by atoms with van der Waals surface area (Å²) >= 11 is 0. The summed E-state index contributed by atoms with van der Waals surface area (Å²) in [5, 5.41) is 3.97. The fourth-order valence-corrected chi connectivity index (χ4v) is 2.06. The zero-order valence-corrected chi connectivity index (χ0v) is 13.7. The molecule has 0 aliphatic carbocycles. The average molecular weight is 306 g/mol. The zero-order valence-electron chi connectivity index (χ0n) is 13.7. The molecule has 5 nitrogen and oxygen atoms in total. The lowest BCUT2D eigenvalue weighted by molar-refractivity contribution is -0.121. The van der Waals surface area contributed by atoms with E-state index in [2.05, 4.69) is 17.5 Å². The molecule has 22 heavy (non-hydrogen) atoms. The van der Waals surface area contributed by atoms with Crippen LogP contribution >= 0.6 is 0 Å². The predicted molar refractivity (Wildman–Crippen MR) is 88.7 cm³/mol. The molecule has 1 aromatic carbocycles. The second-order valence-electron chi connectivity index (χ2n) is 5.07. The number of hydrogen-bond acceptors (Lipinski definition) is 4. The molecule has 5 heteroatoms. The standard InChI is InChI=1S/C17H26N2O3/c1-4-5-6-7-8-9-17(20)19-18-13-14-10-11-15(21-2)16(12-14)22-3/h10-13H,4-9H2,1-3H3,(H,19,20)/b18-13-. The zero-order chi connectivity index (χ0) is 16.2. The van der Waals surface area contributed by atoms with Gasteiger partial charge in [0.05, 0.1) is 20.4 Å². The molecule has 0 heterocycles. The van der Waals surface area contributed by atoms with E-state index in [0.29, 0.717) is 17.9 Å². The first-order chi connectivity index (χ1) is 10.7. The van der Waals surface area contributed by atoms with Crippen molar-refractivity contribution in [2.45, 2.75) is 45.4 Å². The number of ether oxygens (including phenoxy) is 2. The first kappa shape index (κ1) is 18.0. The first-order valence-electron chi connectivity index (χ1n) is 7.75. The molecular weight excluding hydrogens is 280 g/mol. The Morgan fingerprint density at radius 2 is 1.86 bits per heavy atom. The Morgan fingerprint density at radius 3 is 2.55 bits per heavy atom. The maximum absolute atomic E-state index is 11.6. The Morgan fingerprint density at radius 1 is 1.14 bits per heavy atom. The quantitative estimate of drug-likeness (QED) is 0.409. The van der Waals surface area contributed by atoms with Gasteiger partial charge in [0, 0.05) is 6.42 Å². The number of benzene rings is 1. The van der Waals surface area contributed by atoms with Crippen molar-refractivity contribution in [2.24, 2.45) is 5.10 Å². The van der Waals surface area contributed by atoms with Gasteiger partial charge in [0.1, 0.15) is 0 Å². The van der Waals surface area contributed by atoms with Gasteiger partial charge in [-0.25, -0.2) is 5.43 Å². The van der Waals surface area contributed by atoms with Crippen molar-refractivity contribution in [1.29, 1.82) is 0 Å². The van der Waals surface area contributed by atoms with Crippen molar-refractivity contribution >= 4 is 12.1 Å². The van der Waals surface area contributed by atoms with Crippen LogP contribution in [-0.2, 0) is 4.79 Å². The Balaban J connectivity index is 2.37. The van der Waals surface area contributed by atoms with Gasteiger partial charge in [-0.2, -0.15) is 5.10 Å². The largest absolute Gasteiger partial charge is 0.493 e. The van der Waals surface area contributed by atoms with Crippen LogP contribution in [0, 0.1) is 0 Å². The number of hydrogen-bond donors (Lipinski definition) is 1. The van der Waals surface area contributed by atoms with E-state index in [1.54, 1.807) is 32.6 Å². The summed E-state index contributed by atoms with van der Waals surface area (Å²) in [6.45, 7) is 2.18. The molecule has 0 radical (unpaired) electrons. The summed E-state index contributed by atoms with van der Waals surface area (Å²) in [5.41, 5.74) is 3.38. The Hall–Kier alpha value is -2.04. The van der Waals surface area contributed by atoms with E-state index in [1.807, 2.05) is 6.07 Å².